The number of nitrogens with one attached hydrogen (secondary N) is 2. The quantitative estimate of drug-likeness (QED) is 0.829. The van der Waals surface area contributed by atoms with Crippen molar-refractivity contribution in [2.24, 2.45) is 5.92 Å². The van der Waals surface area contributed by atoms with Gasteiger partial charge in [0.15, 0.2) is 11.6 Å². The van der Waals surface area contributed by atoms with Gasteiger partial charge >= 0.3 is 0 Å². The molecule has 1 saturated heterocycles. The molecule has 1 aliphatic rings. The van der Waals surface area contributed by atoms with E-state index >= 15 is 0 Å². The Morgan fingerprint density at radius 3 is 2.94 bits per heavy atom. The summed E-state index contributed by atoms with van der Waals surface area (Å²) in [6, 6.07) is 3.74. The van der Waals surface area contributed by atoms with Crippen LogP contribution in [-0.4, -0.2) is 19.0 Å². The minimum atomic E-state index is -1.01. The van der Waals surface area contributed by atoms with Gasteiger partial charge in [0.1, 0.15) is 0 Å². The van der Waals surface area contributed by atoms with E-state index in [1.165, 1.54) is 12.1 Å². The number of rotatable bonds is 2. The predicted octanol–water partition coefficient (Wildman–Crippen LogP) is 1.90. The Labute approximate surface area is 98.2 Å². The van der Waals surface area contributed by atoms with Gasteiger partial charge in [-0.1, -0.05) is 6.07 Å². The molecule has 92 valence electrons. The van der Waals surface area contributed by atoms with Gasteiger partial charge in [-0.15, -0.1) is 0 Å². The normalized spacial score (nSPS) is 20.0. The number of benzene rings is 1. The van der Waals surface area contributed by atoms with E-state index in [0.717, 1.165) is 25.5 Å². The average molecular weight is 240 g/mol. The van der Waals surface area contributed by atoms with E-state index in [1.807, 2.05) is 0 Å². The molecule has 0 spiro atoms. The molecule has 2 rings (SSSR count). The van der Waals surface area contributed by atoms with Gasteiger partial charge in [-0.2, -0.15) is 0 Å². The van der Waals surface area contributed by atoms with Gasteiger partial charge in [0.2, 0.25) is 5.91 Å². The molecule has 1 atom stereocenters. The van der Waals surface area contributed by atoms with Crippen LogP contribution in [0, 0.1) is 17.6 Å². The van der Waals surface area contributed by atoms with Crippen molar-refractivity contribution in [2.45, 2.75) is 12.8 Å². The molecule has 0 aliphatic carbocycles. The molecule has 1 fully saturated rings. The first-order chi connectivity index (χ1) is 8.18. The maximum atomic E-state index is 13.3. The molecule has 3 nitrogen and oxygen atoms in total. The van der Waals surface area contributed by atoms with Crippen molar-refractivity contribution < 1.29 is 13.6 Å². The summed E-state index contributed by atoms with van der Waals surface area (Å²) >= 11 is 0. The molecule has 1 heterocycles. The molecule has 0 saturated carbocycles. The van der Waals surface area contributed by atoms with Crippen LogP contribution in [0.5, 0.6) is 0 Å². The summed E-state index contributed by atoms with van der Waals surface area (Å²) in [5, 5.41) is 5.53. The van der Waals surface area contributed by atoms with Crippen molar-refractivity contribution in [2.75, 3.05) is 18.4 Å². The van der Waals surface area contributed by atoms with Gasteiger partial charge in [-0.05, 0) is 31.5 Å². The Bertz CT molecular complexity index is 417. The summed E-state index contributed by atoms with van der Waals surface area (Å²) < 4.78 is 26.3. The Hall–Kier alpha value is -1.49. The molecule has 0 radical (unpaired) electrons. The van der Waals surface area contributed by atoms with Crippen LogP contribution in [0.25, 0.3) is 0 Å². The largest absolute Gasteiger partial charge is 0.323 e. The summed E-state index contributed by atoms with van der Waals surface area (Å²) in [4.78, 5) is 11.8. The van der Waals surface area contributed by atoms with Gasteiger partial charge in [0.25, 0.3) is 0 Å². The summed E-state index contributed by atoms with van der Waals surface area (Å²) in [5.74, 6) is -2.40. The van der Waals surface area contributed by atoms with Crippen LogP contribution in [0.15, 0.2) is 18.2 Å². The van der Waals surface area contributed by atoms with Gasteiger partial charge in [0.05, 0.1) is 11.6 Å². The lowest BCUT2D eigenvalue weighted by molar-refractivity contribution is -0.120. The lowest BCUT2D eigenvalue weighted by atomic mass is 9.99. The maximum Gasteiger partial charge on any atom is 0.228 e. The van der Waals surface area contributed by atoms with E-state index in [2.05, 4.69) is 10.6 Å². The zero-order chi connectivity index (χ0) is 12.3. The highest BCUT2D eigenvalue weighted by atomic mass is 19.2. The van der Waals surface area contributed by atoms with Gasteiger partial charge in [-0.3, -0.25) is 4.79 Å². The Morgan fingerprint density at radius 1 is 1.41 bits per heavy atom. The maximum absolute atomic E-state index is 13.3. The Morgan fingerprint density at radius 2 is 2.24 bits per heavy atom. The second kappa shape index (κ2) is 5.23. The zero-order valence-corrected chi connectivity index (χ0v) is 9.30. The molecule has 2 N–H and O–H groups in total. The molecule has 5 heteroatoms. The highest BCUT2D eigenvalue weighted by Gasteiger charge is 2.22. The van der Waals surface area contributed by atoms with Crippen molar-refractivity contribution in [1.29, 1.82) is 0 Å². The fourth-order valence-corrected chi connectivity index (χ4v) is 1.91. The lowest BCUT2D eigenvalue weighted by Gasteiger charge is -2.21. The van der Waals surface area contributed by atoms with Crippen molar-refractivity contribution in [1.82, 2.24) is 5.32 Å². The van der Waals surface area contributed by atoms with Crippen LogP contribution in [0.2, 0.25) is 0 Å². The molecule has 1 amide bonds. The van der Waals surface area contributed by atoms with E-state index in [-0.39, 0.29) is 17.5 Å². The van der Waals surface area contributed by atoms with Crippen molar-refractivity contribution in [3.63, 3.8) is 0 Å². The van der Waals surface area contributed by atoms with Crippen LogP contribution in [0.3, 0.4) is 0 Å². The first kappa shape index (κ1) is 12.0. The van der Waals surface area contributed by atoms with Crippen LogP contribution < -0.4 is 10.6 Å². The number of hydrogen-bond acceptors (Lipinski definition) is 2. The van der Waals surface area contributed by atoms with Crippen molar-refractivity contribution in [3.05, 3.63) is 29.8 Å². The van der Waals surface area contributed by atoms with E-state index in [4.69, 9.17) is 0 Å². The van der Waals surface area contributed by atoms with Crippen molar-refractivity contribution in [3.8, 4) is 0 Å². The number of halogens is 2. The summed E-state index contributed by atoms with van der Waals surface area (Å²) in [6.45, 7) is 1.49. The van der Waals surface area contributed by atoms with Crippen LogP contribution in [0.4, 0.5) is 14.5 Å². The van der Waals surface area contributed by atoms with E-state index < -0.39 is 11.6 Å². The Kier molecular flexibility index (Phi) is 3.68. The van der Waals surface area contributed by atoms with E-state index in [1.54, 1.807) is 0 Å². The summed E-state index contributed by atoms with van der Waals surface area (Å²) in [5.41, 5.74) is -0.0967. The molecular formula is C12H14F2N2O. The fourth-order valence-electron chi connectivity index (χ4n) is 1.91. The van der Waals surface area contributed by atoms with Gasteiger partial charge < -0.3 is 10.6 Å². The van der Waals surface area contributed by atoms with Crippen LogP contribution >= 0.6 is 0 Å². The lowest BCUT2D eigenvalue weighted by Crippen LogP contribution is -2.37. The molecular weight excluding hydrogens is 226 g/mol. The number of carbonyl (C=O) groups is 1. The molecule has 1 aromatic carbocycles. The first-order valence-corrected chi connectivity index (χ1v) is 5.64. The molecule has 1 aromatic rings. The van der Waals surface area contributed by atoms with Crippen LogP contribution in [0.1, 0.15) is 12.8 Å². The molecule has 0 aromatic heterocycles. The van der Waals surface area contributed by atoms with Crippen LogP contribution in [-0.2, 0) is 4.79 Å². The summed E-state index contributed by atoms with van der Waals surface area (Å²) in [6.07, 6.45) is 1.69. The number of hydrogen-bond donors (Lipinski definition) is 2. The number of anilines is 1. The van der Waals surface area contributed by atoms with E-state index in [0.29, 0.717) is 6.54 Å². The predicted molar refractivity (Wildman–Crippen MR) is 60.6 cm³/mol. The summed E-state index contributed by atoms with van der Waals surface area (Å²) in [7, 11) is 0. The highest BCUT2D eigenvalue weighted by Crippen LogP contribution is 2.19. The number of piperidine rings is 1. The van der Waals surface area contributed by atoms with Gasteiger partial charge in [0, 0.05) is 6.54 Å². The number of carbonyl (C=O) groups excluding carboxylic acids is 1. The number of amides is 1. The Balaban J connectivity index is 2.04. The standard InChI is InChI=1S/C12H14F2N2O/c13-9-4-1-5-10(11(9)14)16-12(17)8-3-2-6-15-7-8/h1,4-5,8,15H,2-3,6-7H2,(H,16,17). The minimum Gasteiger partial charge on any atom is -0.323 e. The zero-order valence-electron chi connectivity index (χ0n) is 9.30. The monoisotopic (exact) mass is 240 g/mol. The van der Waals surface area contributed by atoms with E-state index in [9.17, 15) is 13.6 Å². The second-order valence-corrected chi connectivity index (χ2v) is 4.13. The molecule has 0 bridgehead atoms. The smallest absolute Gasteiger partial charge is 0.228 e. The first-order valence-electron chi connectivity index (χ1n) is 5.64. The third-order valence-corrected chi connectivity index (χ3v) is 2.88. The molecule has 17 heavy (non-hydrogen) atoms. The van der Waals surface area contributed by atoms with Gasteiger partial charge in [-0.25, -0.2) is 8.78 Å². The molecule has 1 unspecified atom stereocenters. The van der Waals surface area contributed by atoms with Crippen molar-refractivity contribution >= 4 is 11.6 Å². The average Bonchev–Trinajstić information content (AvgIpc) is 2.36. The minimum absolute atomic E-state index is 0.0967. The topological polar surface area (TPSA) is 41.1 Å². The highest BCUT2D eigenvalue weighted by molar-refractivity contribution is 5.92. The fraction of sp³-hybridized carbons (Fsp3) is 0.417. The third-order valence-electron chi connectivity index (χ3n) is 2.88. The SMILES string of the molecule is O=C(Nc1cccc(F)c1F)C1CCCNC1. The third kappa shape index (κ3) is 2.79. The second-order valence-electron chi connectivity index (χ2n) is 4.13. The molecule has 1 aliphatic heterocycles.